The minimum absolute atomic E-state index is 0.213. The lowest BCUT2D eigenvalue weighted by molar-refractivity contribution is -0.0127. The number of aryl methyl sites for hydroxylation is 1. The van der Waals surface area contributed by atoms with Crippen LogP contribution >= 0.6 is 0 Å². The third kappa shape index (κ3) is 3.36. The van der Waals surface area contributed by atoms with Gasteiger partial charge in [0, 0.05) is 13.0 Å². The Labute approximate surface area is 110 Å². The smallest absolute Gasteiger partial charge is 0.123 e. The molecule has 18 heavy (non-hydrogen) atoms. The van der Waals surface area contributed by atoms with Crippen LogP contribution < -0.4 is 5.32 Å². The van der Waals surface area contributed by atoms with Crippen LogP contribution in [-0.4, -0.2) is 19.3 Å². The van der Waals surface area contributed by atoms with Gasteiger partial charge in [0.2, 0.25) is 0 Å². The van der Waals surface area contributed by atoms with Gasteiger partial charge in [-0.05, 0) is 44.4 Å². The summed E-state index contributed by atoms with van der Waals surface area (Å²) in [6.07, 6.45) is 5.92. The maximum atomic E-state index is 5.91. The average molecular weight is 251 g/mol. The third-order valence-electron chi connectivity index (χ3n) is 3.54. The molecule has 0 spiro atoms. The van der Waals surface area contributed by atoms with Crippen LogP contribution in [0.4, 0.5) is 0 Å². The molecule has 0 amide bonds. The number of ether oxygens (including phenoxy) is 1. The molecule has 1 N–H and O–H groups in total. The highest BCUT2D eigenvalue weighted by Crippen LogP contribution is 2.28. The zero-order valence-corrected chi connectivity index (χ0v) is 11.6. The number of nitrogens with one attached hydrogen (secondary N) is 1. The minimum atomic E-state index is 0.213. The summed E-state index contributed by atoms with van der Waals surface area (Å²) < 4.78 is 11.8. The molecule has 0 radical (unpaired) electrons. The Morgan fingerprint density at radius 2 is 2.22 bits per heavy atom. The lowest BCUT2D eigenvalue weighted by Crippen LogP contribution is -2.36. The monoisotopic (exact) mass is 251 g/mol. The first kappa shape index (κ1) is 13.6. The van der Waals surface area contributed by atoms with E-state index in [4.69, 9.17) is 9.15 Å². The summed E-state index contributed by atoms with van der Waals surface area (Å²) in [4.78, 5) is 0. The lowest BCUT2D eigenvalue weighted by atomic mass is 10.00. The summed E-state index contributed by atoms with van der Waals surface area (Å²) in [6.45, 7) is 6.20. The number of hydrogen-bond acceptors (Lipinski definition) is 3. The zero-order valence-electron chi connectivity index (χ0n) is 11.6. The Hall–Kier alpha value is -0.800. The largest absolute Gasteiger partial charge is 0.464 e. The van der Waals surface area contributed by atoms with Crippen LogP contribution in [0.1, 0.15) is 57.1 Å². The van der Waals surface area contributed by atoms with E-state index in [0.29, 0.717) is 0 Å². The van der Waals surface area contributed by atoms with Crippen molar-refractivity contribution in [1.29, 1.82) is 0 Å². The Morgan fingerprint density at radius 1 is 1.33 bits per heavy atom. The standard InChI is InChI=1S/C15H25NO2/c1-3-10-16-15(13-7-5-6-11-17-13)14-9-8-12(4-2)18-14/h8-9,13,15-16H,3-7,10-11H2,1-2H3. The van der Waals surface area contributed by atoms with Gasteiger partial charge in [0.25, 0.3) is 0 Å². The van der Waals surface area contributed by atoms with Crippen molar-refractivity contribution in [1.82, 2.24) is 5.32 Å². The van der Waals surface area contributed by atoms with Gasteiger partial charge in [-0.15, -0.1) is 0 Å². The molecule has 1 aromatic heterocycles. The molecule has 1 aromatic rings. The SMILES string of the molecule is CCCNC(c1ccc(CC)o1)C1CCCCO1. The fourth-order valence-electron chi connectivity index (χ4n) is 2.50. The fraction of sp³-hybridized carbons (Fsp3) is 0.733. The van der Waals surface area contributed by atoms with Gasteiger partial charge in [0.1, 0.15) is 11.5 Å². The Kier molecular flexibility index (Phi) is 5.26. The molecule has 1 saturated heterocycles. The van der Waals surface area contributed by atoms with Crippen LogP contribution in [0.5, 0.6) is 0 Å². The van der Waals surface area contributed by atoms with Crippen molar-refractivity contribution >= 4 is 0 Å². The van der Waals surface area contributed by atoms with Gasteiger partial charge in [-0.1, -0.05) is 13.8 Å². The number of furan rings is 1. The molecule has 2 atom stereocenters. The van der Waals surface area contributed by atoms with E-state index in [0.717, 1.165) is 43.9 Å². The van der Waals surface area contributed by atoms with E-state index >= 15 is 0 Å². The predicted molar refractivity (Wildman–Crippen MR) is 72.7 cm³/mol. The second-order valence-electron chi connectivity index (χ2n) is 4.99. The van der Waals surface area contributed by atoms with E-state index in [1.165, 1.54) is 12.8 Å². The van der Waals surface area contributed by atoms with Crippen LogP contribution in [0, 0.1) is 0 Å². The van der Waals surface area contributed by atoms with Crippen molar-refractivity contribution in [3.8, 4) is 0 Å². The van der Waals surface area contributed by atoms with E-state index in [9.17, 15) is 0 Å². The van der Waals surface area contributed by atoms with Crippen molar-refractivity contribution in [2.75, 3.05) is 13.2 Å². The van der Waals surface area contributed by atoms with Gasteiger partial charge in [-0.25, -0.2) is 0 Å². The quantitative estimate of drug-likeness (QED) is 0.841. The van der Waals surface area contributed by atoms with Gasteiger partial charge in [0.15, 0.2) is 0 Å². The maximum Gasteiger partial charge on any atom is 0.123 e. The van der Waals surface area contributed by atoms with E-state index in [1.54, 1.807) is 0 Å². The van der Waals surface area contributed by atoms with Crippen molar-refractivity contribution < 1.29 is 9.15 Å². The molecule has 2 unspecified atom stereocenters. The molecule has 102 valence electrons. The molecule has 1 fully saturated rings. The minimum Gasteiger partial charge on any atom is -0.464 e. The highest BCUT2D eigenvalue weighted by Gasteiger charge is 2.27. The molecule has 0 aromatic carbocycles. The van der Waals surface area contributed by atoms with Crippen molar-refractivity contribution in [2.24, 2.45) is 0 Å². The Balaban J connectivity index is 2.07. The summed E-state index contributed by atoms with van der Waals surface area (Å²) in [6, 6.07) is 4.40. The summed E-state index contributed by atoms with van der Waals surface area (Å²) in [5.74, 6) is 2.09. The zero-order chi connectivity index (χ0) is 12.8. The lowest BCUT2D eigenvalue weighted by Gasteiger charge is -2.30. The van der Waals surface area contributed by atoms with E-state index in [2.05, 4.69) is 31.3 Å². The fourth-order valence-corrected chi connectivity index (χ4v) is 2.50. The molecule has 3 nitrogen and oxygen atoms in total. The molecular formula is C15H25NO2. The second-order valence-corrected chi connectivity index (χ2v) is 4.99. The molecule has 0 bridgehead atoms. The summed E-state index contributed by atoms with van der Waals surface area (Å²) >= 11 is 0. The van der Waals surface area contributed by atoms with Crippen LogP contribution in [0.2, 0.25) is 0 Å². The first-order valence-electron chi connectivity index (χ1n) is 7.28. The highest BCUT2D eigenvalue weighted by atomic mass is 16.5. The Morgan fingerprint density at radius 3 is 2.83 bits per heavy atom. The molecule has 2 heterocycles. The Bertz CT molecular complexity index is 342. The molecule has 2 rings (SSSR count). The van der Waals surface area contributed by atoms with E-state index in [1.807, 2.05) is 0 Å². The van der Waals surface area contributed by atoms with Gasteiger partial charge >= 0.3 is 0 Å². The van der Waals surface area contributed by atoms with Gasteiger partial charge in [-0.3, -0.25) is 0 Å². The normalized spacial score (nSPS) is 22.0. The summed E-state index contributed by atoms with van der Waals surface area (Å²) in [7, 11) is 0. The van der Waals surface area contributed by atoms with Crippen molar-refractivity contribution in [3.63, 3.8) is 0 Å². The summed E-state index contributed by atoms with van der Waals surface area (Å²) in [5.41, 5.74) is 0. The van der Waals surface area contributed by atoms with Gasteiger partial charge in [-0.2, -0.15) is 0 Å². The predicted octanol–water partition coefficient (Wildman–Crippen LogP) is 3.45. The van der Waals surface area contributed by atoms with E-state index < -0.39 is 0 Å². The third-order valence-corrected chi connectivity index (χ3v) is 3.54. The maximum absolute atomic E-state index is 5.91. The first-order chi connectivity index (χ1) is 8.85. The van der Waals surface area contributed by atoms with Crippen LogP contribution in [0.3, 0.4) is 0 Å². The molecule has 3 heteroatoms. The highest BCUT2D eigenvalue weighted by molar-refractivity contribution is 5.12. The average Bonchev–Trinajstić information content (AvgIpc) is 2.89. The van der Waals surface area contributed by atoms with Crippen LogP contribution in [0.25, 0.3) is 0 Å². The van der Waals surface area contributed by atoms with Crippen LogP contribution in [0.15, 0.2) is 16.5 Å². The number of rotatable bonds is 6. The van der Waals surface area contributed by atoms with Crippen molar-refractivity contribution in [2.45, 2.75) is 58.1 Å². The van der Waals surface area contributed by atoms with Crippen LogP contribution in [-0.2, 0) is 11.2 Å². The molecule has 1 aliphatic heterocycles. The number of hydrogen-bond donors (Lipinski definition) is 1. The van der Waals surface area contributed by atoms with Gasteiger partial charge in [0.05, 0.1) is 12.1 Å². The molecule has 1 aliphatic rings. The van der Waals surface area contributed by atoms with Crippen molar-refractivity contribution in [3.05, 3.63) is 23.7 Å². The topological polar surface area (TPSA) is 34.4 Å². The molecular weight excluding hydrogens is 226 g/mol. The molecule has 0 aliphatic carbocycles. The molecule has 0 saturated carbocycles. The summed E-state index contributed by atoms with van der Waals surface area (Å²) in [5, 5.41) is 3.57. The first-order valence-corrected chi connectivity index (χ1v) is 7.28. The second kappa shape index (κ2) is 6.95. The van der Waals surface area contributed by atoms with Gasteiger partial charge < -0.3 is 14.5 Å². The van der Waals surface area contributed by atoms with E-state index in [-0.39, 0.29) is 12.1 Å².